The van der Waals surface area contributed by atoms with Crippen molar-refractivity contribution in [2.24, 2.45) is 5.92 Å². The molecule has 0 unspecified atom stereocenters. The fraction of sp³-hybridized carbons (Fsp3) is 0.455. The highest BCUT2D eigenvalue weighted by Gasteiger charge is 2.23. The van der Waals surface area contributed by atoms with E-state index in [9.17, 15) is 12.8 Å². The maximum Gasteiger partial charge on any atom is 0.241 e. The van der Waals surface area contributed by atoms with Gasteiger partial charge in [0.1, 0.15) is 5.82 Å². The molecule has 1 aromatic rings. The Hall–Kier alpha value is -0.660. The number of nitrogen functional groups attached to an aromatic ring is 1. The predicted molar refractivity (Wildman–Crippen MR) is 71.0 cm³/mol. The summed E-state index contributed by atoms with van der Waals surface area (Å²) in [6, 6.07) is 2.19. The van der Waals surface area contributed by atoms with Crippen LogP contribution < -0.4 is 10.5 Å². The second kappa shape index (κ2) is 5.14. The molecule has 1 aliphatic rings. The molecule has 4 nitrogen and oxygen atoms in total. The van der Waals surface area contributed by atoms with Gasteiger partial charge in [0.15, 0.2) is 0 Å². The van der Waals surface area contributed by atoms with Crippen molar-refractivity contribution in [2.75, 3.05) is 12.3 Å². The quantitative estimate of drug-likeness (QED) is 0.828. The molecule has 0 aromatic heterocycles. The molecule has 0 spiro atoms. The number of anilines is 1. The van der Waals surface area contributed by atoms with Gasteiger partial charge in [-0.25, -0.2) is 17.5 Å². The average Bonchev–Trinajstić information content (AvgIpc) is 2.20. The summed E-state index contributed by atoms with van der Waals surface area (Å²) in [6.07, 6.45) is 3.25. The fourth-order valence-electron chi connectivity index (χ4n) is 1.75. The van der Waals surface area contributed by atoms with Gasteiger partial charge >= 0.3 is 0 Å². The highest BCUT2D eigenvalue weighted by atomic mass is 79.9. The van der Waals surface area contributed by atoms with E-state index in [-0.39, 0.29) is 15.1 Å². The minimum atomic E-state index is -3.65. The van der Waals surface area contributed by atoms with E-state index in [2.05, 4.69) is 20.7 Å². The molecular weight excluding hydrogens is 323 g/mol. The highest BCUT2D eigenvalue weighted by Crippen LogP contribution is 2.28. The first kappa shape index (κ1) is 13.8. The van der Waals surface area contributed by atoms with Gasteiger partial charge in [-0.1, -0.05) is 6.42 Å². The molecule has 100 valence electrons. The van der Waals surface area contributed by atoms with E-state index in [1.807, 2.05) is 0 Å². The first-order chi connectivity index (χ1) is 8.40. The zero-order valence-electron chi connectivity index (χ0n) is 9.62. The monoisotopic (exact) mass is 336 g/mol. The van der Waals surface area contributed by atoms with Crippen LogP contribution in [0.1, 0.15) is 19.3 Å². The van der Waals surface area contributed by atoms with Crippen LogP contribution in [0.5, 0.6) is 0 Å². The summed E-state index contributed by atoms with van der Waals surface area (Å²) < 4.78 is 39.9. The molecule has 0 aliphatic heterocycles. The smallest absolute Gasteiger partial charge is 0.241 e. The minimum absolute atomic E-state index is 0.0271. The van der Waals surface area contributed by atoms with Crippen molar-refractivity contribution in [1.29, 1.82) is 0 Å². The Bertz CT molecular complexity index is 558. The molecule has 7 heteroatoms. The normalized spacial score (nSPS) is 16.6. The van der Waals surface area contributed by atoms with E-state index < -0.39 is 15.8 Å². The Morgan fingerprint density at radius 3 is 2.67 bits per heavy atom. The van der Waals surface area contributed by atoms with Crippen LogP contribution in [0, 0.1) is 11.7 Å². The molecule has 1 aromatic carbocycles. The summed E-state index contributed by atoms with van der Waals surface area (Å²) in [7, 11) is -3.65. The molecule has 2 rings (SSSR count). The molecule has 0 atom stereocenters. The lowest BCUT2D eigenvalue weighted by atomic mass is 9.86. The number of halogens is 2. The standard InChI is InChI=1S/C11H14BrFN2O2S/c12-8-4-9(13)10(14)5-11(8)18(16,17)15-6-7-2-1-3-7/h4-5,7,15H,1-3,6,14H2. The molecule has 3 N–H and O–H groups in total. The molecule has 18 heavy (non-hydrogen) atoms. The summed E-state index contributed by atoms with van der Waals surface area (Å²) >= 11 is 3.04. The van der Waals surface area contributed by atoms with E-state index >= 15 is 0 Å². The second-order valence-corrected chi connectivity index (χ2v) is 7.04. The van der Waals surface area contributed by atoms with Crippen LogP contribution in [0.15, 0.2) is 21.5 Å². The van der Waals surface area contributed by atoms with Gasteiger partial charge < -0.3 is 5.73 Å². The van der Waals surface area contributed by atoms with Crippen LogP contribution in [0.3, 0.4) is 0 Å². The molecule has 0 heterocycles. The van der Waals surface area contributed by atoms with Crippen molar-refractivity contribution in [3.05, 3.63) is 22.4 Å². The second-order valence-electron chi connectivity index (χ2n) is 4.45. The average molecular weight is 337 g/mol. The van der Waals surface area contributed by atoms with Crippen LogP contribution in [-0.4, -0.2) is 15.0 Å². The van der Waals surface area contributed by atoms with Gasteiger partial charge in [0.25, 0.3) is 0 Å². The van der Waals surface area contributed by atoms with Crippen molar-refractivity contribution >= 4 is 31.6 Å². The molecule has 1 saturated carbocycles. The van der Waals surface area contributed by atoms with Crippen molar-refractivity contribution in [1.82, 2.24) is 4.72 Å². The summed E-state index contributed by atoms with van der Waals surface area (Å²) in [4.78, 5) is -0.0271. The number of hydrogen-bond donors (Lipinski definition) is 2. The molecule has 0 saturated heterocycles. The van der Waals surface area contributed by atoms with Gasteiger partial charge in [0.2, 0.25) is 10.0 Å². The van der Waals surface area contributed by atoms with Crippen LogP contribution >= 0.6 is 15.9 Å². The number of rotatable bonds is 4. The Morgan fingerprint density at radius 1 is 1.44 bits per heavy atom. The van der Waals surface area contributed by atoms with Crippen LogP contribution in [-0.2, 0) is 10.0 Å². The van der Waals surface area contributed by atoms with Crippen molar-refractivity contribution < 1.29 is 12.8 Å². The molecule has 0 amide bonds. The van der Waals surface area contributed by atoms with Crippen molar-refractivity contribution in [2.45, 2.75) is 24.2 Å². The SMILES string of the molecule is Nc1cc(S(=O)(=O)NCC2CCC2)c(Br)cc1F. The van der Waals surface area contributed by atoms with E-state index in [1.165, 1.54) is 0 Å². The van der Waals surface area contributed by atoms with Crippen LogP contribution in [0.4, 0.5) is 10.1 Å². The largest absolute Gasteiger partial charge is 0.396 e. The Morgan fingerprint density at radius 2 is 2.11 bits per heavy atom. The molecule has 1 fully saturated rings. The van der Waals surface area contributed by atoms with E-state index in [0.717, 1.165) is 31.4 Å². The zero-order valence-corrected chi connectivity index (χ0v) is 12.0. The molecule has 0 bridgehead atoms. The van der Waals surface area contributed by atoms with Gasteiger partial charge in [-0.05, 0) is 46.8 Å². The summed E-state index contributed by atoms with van der Waals surface area (Å²) in [5, 5.41) is 0. The van der Waals surface area contributed by atoms with E-state index in [4.69, 9.17) is 5.73 Å². The molecule has 1 aliphatic carbocycles. The van der Waals surface area contributed by atoms with Gasteiger partial charge in [-0.2, -0.15) is 0 Å². The van der Waals surface area contributed by atoms with Gasteiger partial charge in [0, 0.05) is 11.0 Å². The lowest BCUT2D eigenvalue weighted by Gasteiger charge is -2.25. The summed E-state index contributed by atoms with van der Waals surface area (Å²) in [5.74, 6) is -0.226. The summed E-state index contributed by atoms with van der Waals surface area (Å²) in [5.41, 5.74) is 5.21. The number of sulfonamides is 1. The van der Waals surface area contributed by atoms with Gasteiger partial charge in [-0.3, -0.25) is 0 Å². The van der Waals surface area contributed by atoms with Crippen molar-refractivity contribution in [3.63, 3.8) is 0 Å². The van der Waals surface area contributed by atoms with E-state index in [0.29, 0.717) is 12.5 Å². The third-order valence-electron chi connectivity index (χ3n) is 3.13. The zero-order chi connectivity index (χ0) is 13.3. The molecular formula is C11H14BrFN2O2S. The van der Waals surface area contributed by atoms with Crippen molar-refractivity contribution in [3.8, 4) is 0 Å². The molecule has 0 radical (unpaired) electrons. The lowest BCUT2D eigenvalue weighted by Crippen LogP contribution is -2.32. The van der Waals surface area contributed by atoms with Crippen LogP contribution in [0.25, 0.3) is 0 Å². The van der Waals surface area contributed by atoms with Gasteiger partial charge in [0.05, 0.1) is 10.6 Å². The van der Waals surface area contributed by atoms with E-state index in [1.54, 1.807) is 0 Å². The van der Waals surface area contributed by atoms with Gasteiger partial charge in [-0.15, -0.1) is 0 Å². The topological polar surface area (TPSA) is 72.2 Å². The minimum Gasteiger partial charge on any atom is -0.396 e. The Balaban J connectivity index is 2.20. The first-order valence-corrected chi connectivity index (χ1v) is 7.92. The third kappa shape index (κ3) is 2.84. The number of hydrogen-bond acceptors (Lipinski definition) is 3. The maximum absolute atomic E-state index is 13.2. The highest BCUT2D eigenvalue weighted by molar-refractivity contribution is 9.10. The predicted octanol–water partition coefficient (Wildman–Crippen LogP) is 2.25. The number of nitrogens with one attached hydrogen (secondary N) is 1. The summed E-state index contributed by atoms with van der Waals surface area (Å²) in [6.45, 7) is 0.423. The number of benzene rings is 1. The maximum atomic E-state index is 13.2. The fourth-order valence-corrected chi connectivity index (χ4v) is 3.92. The first-order valence-electron chi connectivity index (χ1n) is 5.64. The number of nitrogens with two attached hydrogens (primary N) is 1. The Kier molecular flexibility index (Phi) is 3.93. The third-order valence-corrected chi connectivity index (χ3v) is 5.51. The lowest BCUT2D eigenvalue weighted by molar-refractivity contribution is 0.316. The van der Waals surface area contributed by atoms with Crippen LogP contribution in [0.2, 0.25) is 0 Å². The Labute approximate surface area is 114 Å².